The molecule has 0 aliphatic carbocycles. The number of aromatic amines is 1. The van der Waals surface area contributed by atoms with Gasteiger partial charge in [0.25, 0.3) is 5.91 Å². The summed E-state index contributed by atoms with van der Waals surface area (Å²) in [6.07, 6.45) is 3.38. The summed E-state index contributed by atoms with van der Waals surface area (Å²) in [5, 5.41) is 12.7. The third kappa shape index (κ3) is 2.51. The zero-order valence-corrected chi connectivity index (χ0v) is 10.2. The van der Waals surface area contributed by atoms with Gasteiger partial charge >= 0.3 is 0 Å². The number of nitrogens with one attached hydrogen (secondary N) is 2. The van der Waals surface area contributed by atoms with Crippen molar-refractivity contribution in [3.63, 3.8) is 0 Å². The molecule has 0 saturated carbocycles. The Bertz CT molecular complexity index is 594. The zero-order valence-electron chi connectivity index (χ0n) is 10.2. The number of H-pyrrole nitrogens is 1. The van der Waals surface area contributed by atoms with Crippen LogP contribution < -0.4 is 5.32 Å². The highest BCUT2D eigenvalue weighted by Gasteiger charge is 2.12. The lowest BCUT2D eigenvalue weighted by Gasteiger charge is -2.10. The molecule has 4 nitrogen and oxygen atoms in total. The van der Waals surface area contributed by atoms with Crippen LogP contribution in [0.15, 0.2) is 30.5 Å². The second-order valence-corrected chi connectivity index (χ2v) is 4.22. The Morgan fingerprint density at radius 1 is 1.50 bits per heavy atom. The highest BCUT2D eigenvalue weighted by molar-refractivity contribution is 5.98. The quantitative estimate of drug-likeness (QED) is 0.863. The molecule has 1 aromatic heterocycles. The molecule has 2 rings (SSSR count). The summed E-state index contributed by atoms with van der Waals surface area (Å²) in [7, 11) is 0. The first-order chi connectivity index (χ1) is 8.74. The SMILES string of the molecule is CCCC(C#N)NC(=O)c1ccc2cc[nH]c2c1. The minimum absolute atomic E-state index is 0.202. The van der Waals surface area contributed by atoms with Gasteiger partial charge in [-0.1, -0.05) is 19.4 Å². The molecule has 0 spiro atoms. The Morgan fingerprint density at radius 2 is 2.33 bits per heavy atom. The number of aromatic nitrogens is 1. The van der Waals surface area contributed by atoms with Crippen molar-refractivity contribution in [2.45, 2.75) is 25.8 Å². The molecule has 4 heteroatoms. The van der Waals surface area contributed by atoms with Gasteiger partial charge < -0.3 is 10.3 Å². The van der Waals surface area contributed by atoms with Crippen molar-refractivity contribution in [3.05, 3.63) is 36.0 Å². The summed E-state index contributed by atoms with van der Waals surface area (Å²) in [5.74, 6) is -0.202. The first kappa shape index (κ1) is 12.2. The minimum Gasteiger partial charge on any atom is -0.361 e. The maximum absolute atomic E-state index is 12.0. The lowest BCUT2D eigenvalue weighted by Crippen LogP contribution is -2.33. The topological polar surface area (TPSA) is 68.7 Å². The number of rotatable bonds is 4. The zero-order chi connectivity index (χ0) is 13.0. The van der Waals surface area contributed by atoms with Gasteiger partial charge in [-0.3, -0.25) is 4.79 Å². The summed E-state index contributed by atoms with van der Waals surface area (Å²) < 4.78 is 0. The second kappa shape index (κ2) is 5.37. The Labute approximate surface area is 106 Å². The molecule has 1 heterocycles. The minimum atomic E-state index is -0.415. The highest BCUT2D eigenvalue weighted by atomic mass is 16.1. The fourth-order valence-electron chi connectivity index (χ4n) is 1.89. The van der Waals surface area contributed by atoms with Crippen LogP contribution in [0.1, 0.15) is 30.1 Å². The summed E-state index contributed by atoms with van der Waals surface area (Å²) in [6, 6.07) is 9.09. The Balaban J connectivity index is 2.15. The highest BCUT2D eigenvalue weighted by Crippen LogP contribution is 2.14. The van der Waals surface area contributed by atoms with E-state index in [9.17, 15) is 4.79 Å². The molecule has 0 aliphatic rings. The van der Waals surface area contributed by atoms with Gasteiger partial charge in [0.1, 0.15) is 6.04 Å². The molecule has 0 radical (unpaired) electrons. The summed E-state index contributed by atoms with van der Waals surface area (Å²) in [4.78, 5) is 15.0. The van der Waals surface area contributed by atoms with Crippen LogP contribution >= 0.6 is 0 Å². The van der Waals surface area contributed by atoms with Crippen LogP contribution in [0.5, 0.6) is 0 Å². The molecule has 1 atom stereocenters. The van der Waals surface area contributed by atoms with E-state index in [2.05, 4.69) is 16.4 Å². The van der Waals surface area contributed by atoms with Gasteiger partial charge in [-0.25, -0.2) is 0 Å². The Hall–Kier alpha value is -2.28. The van der Waals surface area contributed by atoms with E-state index >= 15 is 0 Å². The van der Waals surface area contributed by atoms with Crippen LogP contribution in [0.25, 0.3) is 10.9 Å². The number of hydrogen-bond acceptors (Lipinski definition) is 2. The molecule has 18 heavy (non-hydrogen) atoms. The van der Waals surface area contributed by atoms with E-state index in [0.29, 0.717) is 12.0 Å². The largest absolute Gasteiger partial charge is 0.361 e. The first-order valence-corrected chi connectivity index (χ1v) is 6.02. The normalized spacial score (nSPS) is 12.0. The number of amides is 1. The van der Waals surface area contributed by atoms with Crippen LogP contribution in [0.4, 0.5) is 0 Å². The van der Waals surface area contributed by atoms with Crippen LogP contribution in [0.3, 0.4) is 0 Å². The number of fused-ring (bicyclic) bond motifs is 1. The molecule has 1 unspecified atom stereocenters. The molecule has 92 valence electrons. The standard InChI is InChI=1S/C14H15N3O/c1-2-3-12(9-15)17-14(18)11-5-4-10-6-7-16-13(10)8-11/h4-8,12,16H,2-3H2,1H3,(H,17,18). The monoisotopic (exact) mass is 241 g/mol. The van der Waals surface area contributed by atoms with Crippen LogP contribution in [-0.4, -0.2) is 16.9 Å². The number of carbonyl (C=O) groups is 1. The third-order valence-corrected chi connectivity index (χ3v) is 2.86. The van der Waals surface area contributed by atoms with Crippen LogP contribution in [0.2, 0.25) is 0 Å². The van der Waals surface area contributed by atoms with Gasteiger partial charge in [-0.15, -0.1) is 0 Å². The van der Waals surface area contributed by atoms with Gasteiger partial charge in [-0.05, 0) is 30.0 Å². The Kier molecular flexibility index (Phi) is 3.63. The summed E-state index contributed by atoms with van der Waals surface area (Å²) in [6.45, 7) is 1.99. The molecule has 0 bridgehead atoms. The van der Waals surface area contributed by atoms with Crippen molar-refractivity contribution in [2.24, 2.45) is 0 Å². The molecule has 0 saturated heterocycles. The van der Waals surface area contributed by atoms with E-state index in [0.717, 1.165) is 17.3 Å². The van der Waals surface area contributed by atoms with Crippen molar-refractivity contribution in [1.82, 2.24) is 10.3 Å². The average molecular weight is 241 g/mol. The number of nitriles is 1. The molecule has 2 N–H and O–H groups in total. The van der Waals surface area contributed by atoms with Crippen molar-refractivity contribution < 1.29 is 4.79 Å². The lowest BCUT2D eigenvalue weighted by atomic mass is 10.1. The van der Waals surface area contributed by atoms with Gasteiger partial charge in [0.15, 0.2) is 0 Å². The number of benzene rings is 1. The fraction of sp³-hybridized carbons (Fsp3) is 0.286. The molecule has 2 aromatic rings. The molecular formula is C14H15N3O. The lowest BCUT2D eigenvalue weighted by molar-refractivity contribution is 0.0944. The number of nitrogens with zero attached hydrogens (tertiary/aromatic N) is 1. The van der Waals surface area contributed by atoms with Crippen molar-refractivity contribution in [1.29, 1.82) is 5.26 Å². The van der Waals surface area contributed by atoms with Crippen LogP contribution in [0, 0.1) is 11.3 Å². The van der Waals surface area contributed by atoms with E-state index in [4.69, 9.17) is 5.26 Å². The maximum Gasteiger partial charge on any atom is 0.252 e. The van der Waals surface area contributed by atoms with E-state index < -0.39 is 6.04 Å². The molecular weight excluding hydrogens is 226 g/mol. The average Bonchev–Trinajstić information content (AvgIpc) is 2.85. The van der Waals surface area contributed by atoms with Crippen molar-refractivity contribution >= 4 is 16.8 Å². The predicted octanol–water partition coefficient (Wildman–Crippen LogP) is 2.59. The Morgan fingerprint density at radius 3 is 3.06 bits per heavy atom. The van der Waals surface area contributed by atoms with Crippen molar-refractivity contribution in [2.75, 3.05) is 0 Å². The van der Waals surface area contributed by atoms with Gasteiger partial charge in [0.05, 0.1) is 6.07 Å². The van der Waals surface area contributed by atoms with E-state index in [1.54, 1.807) is 12.1 Å². The number of carbonyl (C=O) groups excluding carboxylic acids is 1. The van der Waals surface area contributed by atoms with E-state index in [1.807, 2.05) is 25.3 Å². The second-order valence-electron chi connectivity index (χ2n) is 4.22. The third-order valence-electron chi connectivity index (χ3n) is 2.86. The van der Waals surface area contributed by atoms with E-state index in [-0.39, 0.29) is 5.91 Å². The number of hydrogen-bond donors (Lipinski definition) is 2. The smallest absolute Gasteiger partial charge is 0.252 e. The van der Waals surface area contributed by atoms with Crippen molar-refractivity contribution in [3.8, 4) is 6.07 Å². The summed E-state index contributed by atoms with van der Waals surface area (Å²) in [5.41, 5.74) is 1.49. The van der Waals surface area contributed by atoms with Gasteiger partial charge in [0, 0.05) is 17.3 Å². The fourth-order valence-corrected chi connectivity index (χ4v) is 1.89. The summed E-state index contributed by atoms with van der Waals surface area (Å²) >= 11 is 0. The maximum atomic E-state index is 12.0. The van der Waals surface area contributed by atoms with Gasteiger partial charge in [0.2, 0.25) is 0 Å². The molecule has 0 aliphatic heterocycles. The van der Waals surface area contributed by atoms with Gasteiger partial charge in [-0.2, -0.15) is 5.26 Å². The first-order valence-electron chi connectivity index (χ1n) is 6.02. The predicted molar refractivity (Wildman–Crippen MR) is 70.1 cm³/mol. The van der Waals surface area contributed by atoms with E-state index in [1.165, 1.54) is 0 Å². The molecule has 1 amide bonds. The van der Waals surface area contributed by atoms with Crippen LogP contribution in [-0.2, 0) is 0 Å². The molecule has 1 aromatic carbocycles. The molecule has 0 fully saturated rings.